The van der Waals surface area contributed by atoms with Gasteiger partial charge in [0.05, 0.1) is 35.8 Å². The largest absolute Gasteiger partial charge is 0.351 e. The van der Waals surface area contributed by atoms with Gasteiger partial charge in [-0.2, -0.15) is 5.10 Å². The summed E-state index contributed by atoms with van der Waals surface area (Å²) in [5.74, 6) is 1.62. The van der Waals surface area contributed by atoms with Crippen molar-refractivity contribution in [2.45, 2.75) is 65.3 Å². The van der Waals surface area contributed by atoms with Crippen LogP contribution in [-0.2, 0) is 5.41 Å². The number of pyridine rings is 1. The molecule has 2 aromatic carbocycles. The summed E-state index contributed by atoms with van der Waals surface area (Å²) >= 11 is 0. The maximum Gasteiger partial charge on any atom is 0.324 e. The molecule has 3 heterocycles. The van der Waals surface area contributed by atoms with Gasteiger partial charge >= 0.3 is 6.03 Å². The van der Waals surface area contributed by atoms with Crippen LogP contribution in [0.3, 0.4) is 0 Å². The van der Waals surface area contributed by atoms with E-state index in [9.17, 15) is 4.79 Å². The van der Waals surface area contributed by atoms with E-state index in [-0.39, 0.29) is 17.5 Å². The molecule has 1 aliphatic carbocycles. The van der Waals surface area contributed by atoms with E-state index in [2.05, 4.69) is 88.5 Å². The van der Waals surface area contributed by atoms with E-state index in [1.54, 1.807) is 17.2 Å². The van der Waals surface area contributed by atoms with Crippen molar-refractivity contribution < 1.29 is 4.79 Å². The Morgan fingerprint density at radius 1 is 1.07 bits per heavy atom. The molecule has 0 saturated carbocycles. The number of imidazole rings is 1. The lowest BCUT2D eigenvalue weighted by atomic mass is 9.87. The van der Waals surface area contributed by atoms with Crippen LogP contribution in [0.25, 0.3) is 22.0 Å². The van der Waals surface area contributed by atoms with Crippen molar-refractivity contribution in [1.82, 2.24) is 24.7 Å². The molecule has 3 N–H and O–H groups in total. The third-order valence-corrected chi connectivity index (χ3v) is 8.25. The summed E-state index contributed by atoms with van der Waals surface area (Å²) in [5.41, 5.74) is 5.66. The zero-order valence-electron chi connectivity index (χ0n) is 26.1. The lowest BCUT2D eigenvalue weighted by Crippen LogP contribution is -2.35. The van der Waals surface area contributed by atoms with Gasteiger partial charge in [-0.1, -0.05) is 57.2 Å². The van der Waals surface area contributed by atoms with Crippen LogP contribution in [0.4, 0.5) is 22.1 Å². The number of aryl methyl sites for hydroxylation is 1. The lowest BCUT2D eigenvalue weighted by molar-refractivity contribution is 0.262. The van der Waals surface area contributed by atoms with Crippen LogP contribution in [-0.4, -0.2) is 43.4 Å². The number of rotatable bonds is 7. The Morgan fingerprint density at radius 3 is 2.59 bits per heavy atom. The summed E-state index contributed by atoms with van der Waals surface area (Å²) in [7, 11) is 0. The van der Waals surface area contributed by atoms with Crippen LogP contribution >= 0.6 is 0 Å². The van der Waals surface area contributed by atoms with Crippen LogP contribution in [0.15, 0.2) is 79.4 Å². The zero-order chi connectivity index (χ0) is 30.8. The maximum absolute atomic E-state index is 13.5. The molecule has 9 nitrogen and oxygen atoms in total. The fourth-order valence-corrected chi connectivity index (χ4v) is 5.94. The maximum atomic E-state index is 13.5. The summed E-state index contributed by atoms with van der Waals surface area (Å²) in [5, 5.41) is 13.1. The molecule has 1 aliphatic rings. The molecule has 6 rings (SSSR count). The second-order valence-corrected chi connectivity index (χ2v) is 12.4. The second-order valence-electron chi connectivity index (χ2n) is 12.4. The first-order valence-electron chi connectivity index (χ1n) is 15.3. The lowest BCUT2D eigenvalue weighted by Gasteiger charge is -2.33. The van der Waals surface area contributed by atoms with Crippen molar-refractivity contribution in [3.8, 4) is 5.69 Å². The molecular formula is C35H40N8O. The zero-order valence-corrected chi connectivity index (χ0v) is 26.1. The Kier molecular flexibility index (Phi) is 7.95. The van der Waals surface area contributed by atoms with Crippen molar-refractivity contribution in [3.05, 3.63) is 96.3 Å². The highest BCUT2D eigenvalue weighted by molar-refractivity contribution is 6.08. The first kappa shape index (κ1) is 29.2. The average Bonchev–Trinajstić information content (AvgIpc) is 3.69. The number of aromatic amines is 1. The summed E-state index contributed by atoms with van der Waals surface area (Å²) < 4.78 is 1.74. The summed E-state index contributed by atoms with van der Waals surface area (Å²) in [6, 6.07) is 18.2. The van der Waals surface area contributed by atoms with E-state index in [4.69, 9.17) is 5.10 Å². The Labute approximate surface area is 258 Å². The monoisotopic (exact) mass is 588 g/mol. The topological polar surface area (TPSA) is 104 Å². The third-order valence-electron chi connectivity index (χ3n) is 8.25. The number of hydrogen-bond acceptors (Lipinski definition) is 5. The van der Waals surface area contributed by atoms with Gasteiger partial charge in [-0.05, 0) is 67.8 Å². The van der Waals surface area contributed by atoms with Gasteiger partial charge in [0, 0.05) is 35.1 Å². The normalized spacial score (nSPS) is 15.2. The van der Waals surface area contributed by atoms with Gasteiger partial charge in [0.1, 0.15) is 11.6 Å². The first-order chi connectivity index (χ1) is 21.2. The van der Waals surface area contributed by atoms with E-state index >= 15 is 0 Å². The average molecular weight is 589 g/mol. The molecule has 9 heteroatoms. The summed E-state index contributed by atoms with van der Waals surface area (Å²) in [4.78, 5) is 27.8. The number of fused-ring (bicyclic) bond motifs is 1. The van der Waals surface area contributed by atoms with Gasteiger partial charge in [0.15, 0.2) is 0 Å². The molecule has 0 aliphatic heterocycles. The number of anilines is 3. The highest BCUT2D eigenvalue weighted by atomic mass is 16.2. The molecule has 226 valence electrons. The van der Waals surface area contributed by atoms with Crippen LogP contribution in [0.2, 0.25) is 0 Å². The Balaban J connectivity index is 1.28. The van der Waals surface area contributed by atoms with Crippen molar-refractivity contribution >= 4 is 39.7 Å². The number of allylic oxidation sites excluding steroid dienone is 1. The minimum atomic E-state index is -0.334. The predicted molar refractivity (Wildman–Crippen MR) is 179 cm³/mol. The van der Waals surface area contributed by atoms with Gasteiger partial charge in [-0.15, -0.1) is 0 Å². The number of nitrogens with zero attached hydrogens (tertiary/aromatic N) is 5. The van der Waals surface area contributed by atoms with E-state index in [1.165, 1.54) is 11.1 Å². The fourth-order valence-electron chi connectivity index (χ4n) is 5.94. The molecule has 3 aromatic heterocycles. The minimum absolute atomic E-state index is 0.193. The van der Waals surface area contributed by atoms with Gasteiger partial charge in [-0.25, -0.2) is 14.5 Å². The second kappa shape index (κ2) is 12.0. The fraction of sp³-hybridized carbons (Fsp3) is 0.314. The molecule has 1 atom stereocenters. The molecule has 0 spiro atoms. The molecule has 44 heavy (non-hydrogen) atoms. The van der Waals surface area contributed by atoms with Gasteiger partial charge in [0.2, 0.25) is 0 Å². The standard InChI is InChI=1S/C35H40N8O/c1-6-42(33-21-36-22-38-33)25-11-9-10-24(18-25)27-16-17-30(29-13-8-7-12-28(27)29)39-34(44)40-32-19-31(35(3,4)5)41-43(32)26-15-14-23(2)37-20-26/h7-8,12-22,25H,6,9-11H2,1-5H3,(H,36,38)(H2,39,40,44). The number of carbonyl (C=O) groups excluding carboxylic acids is 1. The minimum Gasteiger partial charge on any atom is -0.351 e. The van der Waals surface area contributed by atoms with Crippen LogP contribution in [0.1, 0.15) is 63.9 Å². The molecule has 0 radical (unpaired) electrons. The smallest absolute Gasteiger partial charge is 0.324 e. The molecule has 2 amide bonds. The third kappa shape index (κ3) is 5.95. The van der Waals surface area contributed by atoms with E-state index in [0.717, 1.165) is 65.2 Å². The van der Waals surface area contributed by atoms with Crippen molar-refractivity contribution in [1.29, 1.82) is 0 Å². The summed E-state index contributed by atoms with van der Waals surface area (Å²) in [6.07, 6.45) is 11.0. The molecule has 5 aromatic rings. The van der Waals surface area contributed by atoms with Crippen LogP contribution in [0.5, 0.6) is 0 Å². The number of nitrogens with one attached hydrogen (secondary N) is 3. The number of urea groups is 1. The van der Waals surface area contributed by atoms with Crippen LogP contribution < -0.4 is 15.5 Å². The Hall–Kier alpha value is -4.92. The Bertz CT molecular complexity index is 1800. The first-order valence-corrected chi connectivity index (χ1v) is 15.3. The van der Waals surface area contributed by atoms with Gasteiger partial charge in [0.25, 0.3) is 0 Å². The molecule has 0 bridgehead atoms. The predicted octanol–water partition coefficient (Wildman–Crippen LogP) is 7.86. The number of H-pyrrole nitrogens is 1. The molecular weight excluding hydrogens is 548 g/mol. The molecule has 0 fully saturated rings. The van der Waals surface area contributed by atoms with E-state index < -0.39 is 0 Å². The van der Waals surface area contributed by atoms with Crippen LogP contribution in [0, 0.1) is 6.92 Å². The van der Waals surface area contributed by atoms with Gasteiger partial charge < -0.3 is 15.2 Å². The number of hydrogen-bond donors (Lipinski definition) is 3. The number of carbonyl (C=O) groups is 1. The van der Waals surface area contributed by atoms with Gasteiger partial charge in [-0.3, -0.25) is 10.3 Å². The van der Waals surface area contributed by atoms with Crippen molar-refractivity contribution in [2.75, 3.05) is 22.1 Å². The molecule has 0 saturated heterocycles. The number of aromatic nitrogens is 5. The Morgan fingerprint density at radius 2 is 1.89 bits per heavy atom. The number of amides is 2. The number of benzene rings is 2. The van der Waals surface area contributed by atoms with E-state index in [1.807, 2.05) is 43.5 Å². The SMILES string of the molecule is CCN(c1cnc[nH]1)C1C=C(c2ccc(NC(=O)Nc3cc(C(C)(C)C)nn3-c3ccc(C)nc3)c3ccccc23)CCC1. The van der Waals surface area contributed by atoms with Crippen molar-refractivity contribution in [2.24, 2.45) is 0 Å². The highest BCUT2D eigenvalue weighted by Gasteiger charge is 2.24. The van der Waals surface area contributed by atoms with E-state index in [0.29, 0.717) is 5.82 Å². The quantitative estimate of drug-likeness (QED) is 0.180. The summed E-state index contributed by atoms with van der Waals surface area (Å²) in [6.45, 7) is 11.3. The highest BCUT2D eigenvalue weighted by Crippen LogP contribution is 2.37. The number of likely N-dealkylation sites (N-methyl/N-ethyl adjacent to an activating group) is 1. The molecule has 1 unspecified atom stereocenters. The van der Waals surface area contributed by atoms with Crippen molar-refractivity contribution in [3.63, 3.8) is 0 Å².